The van der Waals surface area contributed by atoms with Crippen LogP contribution in [0.4, 0.5) is 0 Å². The Hall–Kier alpha value is -0.790. The maximum Gasteiger partial charge on any atom is 0.0627 e. The van der Waals surface area contributed by atoms with Crippen LogP contribution in [0.25, 0.3) is 0 Å². The molecule has 0 saturated heterocycles. The maximum absolute atomic E-state index is 4.28. The van der Waals surface area contributed by atoms with Gasteiger partial charge in [0.2, 0.25) is 0 Å². The molecule has 2 heteroatoms. The zero-order valence-electron chi connectivity index (χ0n) is 8.93. The zero-order valence-corrected chi connectivity index (χ0v) is 8.93. The predicted octanol–water partition coefficient (Wildman–Crippen LogP) is 2.95. The number of aryl methyl sites for hydroxylation is 1. The second-order valence-electron chi connectivity index (χ2n) is 4.09. The number of nitrogens with one attached hydrogen (secondary N) is 1. The van der Waals surface area contributed by atoms with Crippen LogP contribution >= 0.6 is 0 Å². The van der Waals surface area contributed by atoms with Gasteiger partial charge < -0.3 is 0 Å². The molecule has 0 aliphatic rings. The van der Waals surface area contributed by atoms with Crippen molar-refractivity contribution in [3.05, 3.63) is 17.5 Å². The second kappa shape index (κ2) is 5.05. The molecule has 0 atom stereocenters. The Balaban J connectivity index is 2.44. The van der Waals surface area contributed by atoms with Gasteiger partial charge in [-0.05, 0) is 31.2 Å². The monoisotopic (exact) mass is 180 g/mol. The van der Waals surface area contributed by atoms with Crippen LogP contribution in [0.2, 0.25) is 0 Å². The molecule has 0 amide bonds. The summed E-state index contributed by atoms with van der Waals surface area (Å²) in [6, 6.07) is 2.20. The van der Waals surface area contributed by atoms with Crippen molar-refractivity contribution in [1.29, 1.82) is 0 Å². The summed E-state index contributed by atoms with van der Waals surface area (Å²) in [7, 11) is 0. The molecule has 0 saturated carbocycles. The number of rotatable bonds is 5. The van der Waals surface area contributed by atoms with Crippen molar-refractivity contribution in [3.63, 3.8) is 0 Å². The van der Waals surface area contributed by atoms with Crippen LogP contribution in [0.3, 0.4) is 0 Å². The first kappa shape index (κ1) is 10.3. The smallest absolute Gasteiger partial charge is 0.0627 e. The highest BCUT2D eigenvalue weighted by molar-refractivity contribution is 5.09. The molecule has 0 aliphatic heterocycles. The summed E-state index contributed by atoms with van der Waals surface area (Å²) >= 11 is 0. The molecular formula is C11H20N2. The van der Waals surface area contributed by atoms with Crippen LogP contribution in [0.15, 0.2) is 6.07 Å². The standard InChI is InChI=1S/C11H20N2/c1-4-5-6-10-8-11(13-12-10)7-9(2)3/h8-9H,4-7H2,1-3H3,(H,12,13). The fraction of sp³-hybridized carbons (Fsp3) is 0.727. The third-order valence-corrected chi connectivity index (χ3v) is 2.10. The number of aromatic nitrogens is 2. The molecule has 0 radical (unpaired) electrons. The lowest BCUT2D eigenvalue weighted by atomic mass is 10.1. The number of nitrogens with zero attached hydrogens (tertiary/aromatic N) is 1. The van der Waals surface area contributed by atoms with Gasteiger partial charge in [0.05, 0.1) is 5.69 Å². The Morgan fingerprint density at radius 2 is 2.23 bits per heavy atom. The predicted molar refractivity (Wildman–Crippen MR) is 55.7 cm³/mol. The van der Waals surface area contributed by atoms with Crippen molar-refractivity contribution in [2.75, 3.05) is 0 Å². The molecule has 74 valence electrons. The number of H-pyrrole nitrogens is 1. The third-order valence-electron chi connectivity index (χ3n) is 2.10. The van der Waals surface area contributed by atoms with Crippen molar-refractivity contribution < 1.29 is 0 Å². The molecule has 1 N–H and O–H groups in total. The lowest BCUT2D eigenvalue weighted by Gasteiger charge is -1.98. The molecular weight excluding hydrogens is 160 g/mol. The zero-order chi connectivity index (χ0) is 9.68. The summed E-state index contributed by atoms with van der Waals surface area (Å²) in [4.78, 5) is 0. The van der Waals surface area contributed by atoms with Gasteiger partial charge in [-0.2, -0.15) is 5.10 Å². The highest BCUT2D eigenvalue weighted by Gasteiger charge is 2.02. The first-order valence-electron chi connectivity index (χ1n) is 5.25. The van der Waals surface area contributed by atoms with E-state index in [0.29, 0.717) is 5.92 Å². The van der Waals surface area contributed by atoms with Gasteiger partial charge in [-0.3, -0.25) is 5.10 Å². The minimum atomic E-state index is 0.697. The van der Waals surface area contributed by atoms with E-state index in [1.165, 1.54) is 24.2 Å². The number of unbranched alkanes of at least 4 members (excludes halogenated alkanes) is 1. The Morgan fingerprint density at radius 3 is 2.85 bits per heavy atom. The lowest BCUT2D eigenvalue weighted by Crippen LogP contribution is -1.93. The fourth-order valence-corrected chi connectivity index (χ4v) is 1.43. The summed E-state index contributed by atoms with van der Waals surface area (Å²) in [6.07, 6.45) is 4.73. The maximum atomic E-state index is 4.28. The number of hydrogen-bond donors (Lipinski definition) is 1. The molecule has 1 aromatic heterocycles. The molecule has 1 rings (SSSR count). The topological polar surface area (TPSA) is 28.7 Å². The first-order valence-corrected chi connectivity index (χ1v) is 5.25. The van der Waals surface area contributed by atoms with Gasteiger partial charge in [-0.15, -0.1) is 0 Å². The highest BCUT2D eigenvalue weighted by Crippen LogP contribution is 2.08. The molecule has 0 fully saturated rings. The molecule has 0 aliphatic carbocycles. The van der Waals surface area contributed by atoms with Crippen molar-refractivity contribution in [3.8, 4) is 0 Å². The van der Waals surface area contributed by atoms with Gasteiger partial charge in [0.1, 0.15) is 0 Å². The van der Waals surface area contributed by atoms with E-state index in [4.69, 9.17) is 0 Å². The van der Waals surface area contributed by atoms with Crippen LogP contribution in [-0.2, 0) is 12.8 Å². The first-order chi connectivity index (χ1) is 6.22. The Bertz CT molecular complexity index is 238. The molecule has 1 heterocycles. The Labute approximate surface area is 80.7 Å². The fourth-order valence-electron chi connectivity index (χ4n) is 1.43. The van der Waals surface area contributed by atoms with Gasteiger partial charge in [0.25, 0.3) is 0 Å². The van der Waals surface area contributed by atoms with Gasteiger partial charge in [-0.25, -0.2) is 0 Å². The quantitative estimate of drug-likeness (QED) is 0.741. The molecule has 1 aromatic rings. The molecule has 0 bridgehead atoms. The second-order valence-corrected chi connectivity index (χ2v) is 4.09. The van der Waals surface area contributed by atoms with Crippen molar-refractivity contribution in [2.45, 2.75) is 46.5 Å². The van der Waals surface area contributed by atoms with Crippen LogP contribution in [-0.4, -0.2) is 10.2 Å². The molecule has 13 heavy (non-hydrogen) atoms. The van der Waals surface area contributed by atoms with Gasteiger partial charge in [0.15, 0.2) is 0 Å². The van der Waals surface area contributed by atoms with Crippen molar-refractivity contribution in [1.82, 2.24) is 10.2 Å². The summed E-state index contributed by atoms with van der Waals surface area (Å²) < 4.78 is 0. The average Bonchev–Trinajstić information content (AvgIpc) is 2.48. The molecule has 0 unspecified atom stereocenters. The minimum absolute atomic E-state index is 0.697. The van der Waals surface area contributed by atoms with Crippen molar-refractivity contribution in [2.24, 2.45) is 5.92 Å². The molecule has 0 aromatic carbocycles. The molecule has 2 nitrogen and oxygen atoms in total. The summed E-state index contributed by atoms with van der Waals surface area (Å²) in [6.45, 7) is 6.66. The van der Waals surface area contributed by atoms with E-state index in [0.717, 1.165) is 12.8 Å². The van der Waals surface area contributed by atoms with E-state index in [1.54, 1.807) is 0 Å². The van der Waals surface area contributed by atoms with Gasteiger partial charge in [0, 0.05) is 5.69 Å². The molecule has 0 spiro atoms. The Morgan fingerprint density at radius 1 is 1.46 bits per heavy atom. The van der Waals surface area contributed by atoms with Gasteiger partial charge in [-0.1, -0.05) is 27.2 Å². The number of hydrogen-bond acceptors (Lipinski definition) is 1. The number of aromatic amines is 1. The van der Waals surface area contributed by atoms with Crippen LogP contribution in [0.1, 0.15) is 45.0 Å². The normalized spacial score (nSPS) is 11.1. The lowest BCUT2D eigenvalue weighted by molar-refractivity contribution is 0.633. The third kappa shape index (κ3) is 3.62. The van der Waals surface area contributed by atoms with E-state index >= 15 is 0 Å². The van der Waals surface area contributed by atoms with E-state index < -0.39 is 0 Å². The van der Waals surface area contributed by atoms with E-state index in [2.05, 4.69) is 37.0 Å². The largest absolute Gasteiger partial charge is 0.282 e. The summed E-state index contributed by atoms with van der Waals surface area (Å²) in [5, 5.41) is 7.38. The van der Waals surface area contributed by atoms with Crippen LogP contribution < -0.4 is 0 Å². The van der Waals surface area contributed by atoms with Crippen molar-refractivity contribution >= 4 is 0 Å². The summed E-state index contributed by atoms with van der Waals surface area (Å²) in [5.74, 6) is 0.697. The van der Waals surface area contributed by atoms with E-state index in [-0.39, 0.29) is 0 Å². The van der Waals surface area contributed by atoms with E-state index in [1.807, 2.05) is 0 Å². The Kier molecular flexibility index (Phi) is 4.00. The van der Waals surface area contributed by atoms with E-state index in [9.17, 15) is 0 Å². The van der Waals surface area contributed by atoms with Crippen LogP contribution in [0.5, 0.6) is 0 Å². The summed E-state index contributed by atoms with van der Waals surface area (Å²) in [5.41, 5.74) is 2.50. The average molecular weight is 180 g/mol. The SMILES string of the molecule is CCCCc1cc(CC(C)C)n[nH]1. The van der Waals surface area contributed by atoms with Crippen LogP contribution in [0, 0.1) is 5.92 Å². The minimum Gasteiger partial charge on any atom is -0.282 e. The highest BCUT2D eigenvalue weighted by atomic mass is 15.1. The van der Waals surface area contributed by atoms with Gasteiger partial charge >= 0.3 is 0 Å².